The summed E-state index contributed by atoms with van der Waals surface area (Å²) in [5, 5.41) is 16.8. The number of aromatic nitrogens is 2. The summed E-state index contributed by atoms with van der Waals surface area (Å²) in [6.07, 6.45) is 7.77. The molecule has 0 aromatic carbocycles. The molecule has 2 aromatic heterocycles. The predicted molar refractivity (Wildman–Crippen MR) is 144 cm³/mol. The van der Waals surface area contributed by atoms with E-state index in [1.165, 1.54) is 24.7 Å². The summed E-state index contributed by atoms with van der Waals surface area (Å²) >= 11 is 0. The van der Waals surface area contributed by atoms with Gasteiger partial charge >= 0.3 is 0 Å². The highest BCUT2D eigenvalue weighted by Gasteiger charge is 2.25. The number of nitrogens with one attached hydrogen (secondary N) is 2. The summed E-state index contributed by atoms with van der Waals surface area (Å²) in [5.74, 6) is -0.617. The van der Waals surface area contributed by atoms with Crippen molar-refractivity contribution in [2.75, 3.05) is 39.3 Å². The molecule has 39 heavy (non-hydrogen) atoms. The Bertz CT molecular complexity index is 1230. The van der Waals surface area contributed by atoms with E-state index in [2.05, 4.69) is 20.6 Å². The standard InChI is InChI=1S/C28H36N6O5/c1-18(35)33-12-7-20(8-13-33)14-31-28(39)23-6-10-30-25(26(23)37)24-16-29-9-5-22(24)27(38)32-15-21-4-3-11-34(17-21)19(2)36/h5-6,9-10,16,20-21,37H,3-4,7-8,11-15,17H2,1-2H3,(H,31,39)(H,32,38). The highest BCUT2D eigenvalue weighted by molar-refractivity contribution is 6.03. The average molecular weight is 537 g/mol. The number of hydrogen-bond acceptors (Lipinski definition) is 7. The molecule has 4 amide bonds. The van der Waals surface area contributed by atoms with Crippen LogP contribution >= 0.6 is 0 Å². The van der Waals surface area contributed by atoms with E-state index in [0.717, 1.165) is 32.2 Å². The SMILES string of the molecule is CC(=O)N1CCC(CNC(=O)c2ccnc(-c3cnccc3C(=O)NCC3CCCN(C(C)=O)C3)c2O)CC1. The zero-order valence-electron chi connectivity index (χ0n) is 22.5. The third-order valence-corrected chi connectivity index (χ3v) is 7.62. The highest BCUT2D eigenvalue weighted by Crippen LogP contribution is 2.32. The number of carbonyl (C=O) groups excluding carboxylic acids is 4. The molecule has 1 atom stereocenters. The smallest absolute Gasteiger partial charge is 0.255 e. The van der Waals surface area contributed by atoms with Gasteiger partial charge in [-0.3, -0.25) is 29.1 Å². The second-order valence-electron chi connectivity index (χ2n) is 10.3. The van der Waals surface area contributed by atoms with Crippen molar-refractivity contribution in [3.8, 4) is 17.0 Å². The maximum atomic E-state index is 13.1. The van der Waals surface area contributed by atoms with Gasteiger partial charge < -0.3 is 25.5 Å². The van der Waals surface area contributed by atoms with Crippen molar-refractivity contribution in [3.05, 3.63) is 41.9 Å². The fourth-order valence-corrected chi connectivity index (χ4v) is 5.25. The van der Waals surface area contributed by atoms with E-state index in [4.69, 9.17) is 0 Å². The van der Waals surface area contributed by atoms with Crippen LogP contribution in [0.2, 0.25) is 0 Å². The molecule has 2 saturated heterocycles. The number of likely N-dealkylation sites (tertiary alicyclic amines) is 2. The lowest BCUT2D eigenvalue weighted by Gasteiger charge is -2.32. The van der Waals surface area contributed by atoms with E-state index in [0.29, 0.717) is 38.3 Å². The number of aromatic hydroxyl groups is 1. The van der Waals surface area contributed by atoms with Crippen LogP contribution in [-0.4, -0.2) is 87.8 Å². The molecule has 0 aliphatic carbocycles. The molecule has 0 spiro atoms. The number of hydrogen-bond donors (Lipinski definition) is 3. The Morgan fingerprint density at radius 3 is 2.21 bits per heavy atom. The summed E-state index contributed by atoms with van der Waals surface area (Å²) in [4.78, 5) is 61.3. The van der Waals surface area contributed by atoms with Gasteiger partial charge in [0.25, 0.3) is 11.8 Å². The molecule has 11 heteroatoms. The zero-order chi connectivity index (χ0) is 27.9. The van der Waals surface area contributed by atoms with Crippen LogP contribution in [0.15, 0.2) is 30.7 Å². The van der Waals surface area contributed by atoms with Crippen molar-refractivity contribution in [2.24, 2.45) is 11.8 Å². The minimum absolute atomic E-state index is 0.0336. The van der Waals surface area contributed by atoms with Crippen LogP contribution in [0.5, 0.6) is 5.75 Å². The van der Waals surface area contributed by atoms with Crippen molar-refractivity contribution in [1.82, 2.24) is 30.4 Å². The molecule has 4 heterocycles. The van der Waals surface area contributed by atoms with Crippen molar-refractivity contribution in [3.63, 3.8) is 0 Å². The second-order valence-corrected chi connectivity index (χ2v) is 10.3. The molecular formula is C28H36N6O5. The molecular weight excluding hydrogens is 500 g/mol. The van der Waals surface area contributed by atoms with E-state index in [1.807, 2.05) is 0 Å². The van der Waals surface area contributed by atoms with Gasteiger partial charge in [0, 0.05) is 77.3 Å². The maximum Gasteiger partial charge on any atom is 0.255 e. The fraction of sp³-hybridized carbons (Fsp3) is 0.500. The number of pyridine rings is 2. The number of rotatable bonds is 7. The average Bonchev–Trinajstić information content (AvgIpc) is 2.95. The molecule has 2 aromatic rings. The Morgan fingerprint density at radius 1 is 0.872 bits per heavy atom. The first-order valence-corrected chi connectivity index (χ1v) is 13.4. The van der Waals surface area contributed by atoms with Gasteiger partial charge in [0.1, 0.15) is 5.69 Å². The van der Waals surface area contributed by atoms with Gasteiger partial charge in [0.15, 0.2) is 5.75 Å². The molecule has 1 unspecified atom stereocenters. The van der Waals surface area contributed by atoms with Gasteiger partial charge in [-0.05, 0) is 49.7 Å². The molecule has 3 N–H and O–H groups in total. The van der Waals surface area contributed by atoms with Gasteiger partial charge in [0.2, 0.25) is 11.8 Å². The molecule has 208 valence electrons. The van der Waals surface area contributed by atoms with Crippen LogP contribution < -0.4 is 10.6 Å². The van der Waals surface area contributed by atoms with Gasteiger partial charge in [-0.25, -0.2) is 0 Å². The van der Waals surface area contributed by atoms with Gasteiger partial charge in [-0.15, -0.1) is 0 Å². The van der Waals surface area contributed by atoms with Crippen molar-refractivity contribution >= 4 is 23.6 Å². The summed E-state index contributed by atoms with van der Waals surface area (Å²) in [5.41, 5.74) is 0.744. The summed E-state index contributed by atoms with van der Waals surface area (Å²) in [6, 6.07) is 2.99. The van der Waals surface area contributed by atoms with Crippen LogP contribution in [0.1, 0.15) is 60.2 Å². The summed E-state index contributed by atoms with van der Waals surface area (Å²) in [6.45, 7) is 6.64. The normalized spacial score (nSPS) is 17.9. The Morgan fingerprint density at radius 2 is 1.51 bits per heavy atom. The molecule has 0 saturated carbocycles. The topological polar surface area (TPSA) is 145 Å². The largest absolute Gasteiger partial charge is 0.505 e. The van der Waals surface area contributed by atoms with Crippen LogP contribution in [0.25, 0.3) is 11.3 Å². The molecule has 2 aliphatic heterocycles. The van der Waals surface area contributed by atoms with E-state index in [1.54, 1.807) is 29.7 Å². The van der Waals surface area contributed by atoms with Crippen LogP contribution in [0.3, 0.4) is 0 Å². The minimum atomic E-state index is -0.438. The highest BCUT2D eigenvalue weighted by atomic mass is 16.3. The predicted octanol–water partition coefficient (Wildman–Crippen LogP) is 1.83. The Hall–Kier alpha value is -4.02. The van der Waals surface area contributed by atoms with Gasteiger partial charge in [0.05, 0.1) is 11.1 Å². The molecule has 0 radical (unpaired) electrons. The first-order valence-electron chi connectivity index (χ1n) is 13.4. The molecule has 2 aliphatic rings. The maximum absolute atomic E-state index is 13.1. The Balaban J connectivity index is 1.42. The summed E-state index contributed by atoms with van der Waals surface area (Å²) < 4.78 is 0. The quantitative estimate of drug-likeness (QED) is 0.490. The first-order chi connectivity index (χ1) is 18.7. The molecule has 2 fully saturated rings. The second kappa shape index (κ2) is 12.7. The lowest BCUT2D eigenvalue weighted by atomic mass is 9.96. The lowest BCUT2D eigenvalue weighted by molar-refractivity contribution is -0.131. The van der Waals surface area contributed by atoms with Crippen molar-refractivity contribution in [1.29, 1.82) is 0 Å². The Labute approximate surface area is 228 Å². The van der Waals surface area contributed by atoms with Crippen molar-refractivity contribution < 1.29 is 24.3 Å². The van der Waals surface area contributed by atoms with E-state index in [9.17, 15) is 24.3 Å². The molecule has 0 bridgehead atoms. The summed E-state index contributed by atoms with van der Waals surface area (Å²) in [7, 11) is 0. The van der Waals surface area contributed by atoms with Gasteiger partial charge in [-0.1, -0.05) is 0 Å². The number of amides is 4. The number of piperidine rings is 2. The zero-order valence-corrected chi connectivity index (χ0v) is 22.5. The minimum Gasteiger partial charge on any atom is -0.505 e. The third kappa shape index (κ3) is 6.90. The van der Waals surface area contributed by atoms with E-state index < -0.39 is 5.91 Å². The van der Waals surface area contributed by atoms with Crippen LogP contribution in [0.4, 0.5) is 0 Å². The van der Waals surface area contributed by atoms with E-state index in [-0.39, 0.29) is 52.1 Å². The van der Waals surface area contributed by atoms with Crippen molar-refractivity contribution in [2.45, 2.75) is 39.5 Å². The number of carbonyl (C=O) groups is 4. The fourth-order valence-electron chi connectivity index (χ4n) is 5.25. The molecule has 4 rings (SSSR count). The van der Waals surface area contributed by atoms with Gasteiger partial charge in [-0.2, -0.15) is 0 Å². The monoisotopic (exact) mass is 536 g/mol. The number of nitrogens with zero attached hydrogens (tertiary/aromatic N) is 4. The Kier molecular flexibility index (Phi) is 9.11. The van der Waals surface area contributed by atoms with Crippen LogP contribution in [-0.2, 0) is 9.59 Å². The molecule has 11 nitrogen and oxygen atoms in total. The lowest BCUT2D eigenvalue weighted by Crippen LogP contribution is -2.42. The van der Waals surface area contributed by atoms with Crippen LogP contribution in [0, 0.1) is 11.8 Å². The first kappa shape index (κ1) is 28.0. The van der Waals surface area contributed by atoms with E-state index >= 15 is 0 Å². The third-order valence-electron chi connectivity index (χ3n) is 7.62.